The zero-order chi connectivity index (χ0) is 21.1. The van der Waals surface area contributed by atoms with Gasteiger partial charge in [0.2, 0.25) is 11.3 Å². The maximum absolute atomic E-state index is 13.9. The molecule has 2 aromatic heterocycles. The molecule has 8 nitrogen and oxygen atoms in total. The topological polar surface area (TPSA) is 114 Å². The first kappa shape index (κ1) is 20.2. The number of ether oxygens (including phenoxy) is 1. The summed E-state index contributed by atoms with van der Waals surface area (Å²) in [7, 11) is 1.35. The second-order valence-corrected chi connectivity index (χ2v) is 6.10. The van der Waals surface area contributed by atoms with Gasteiger partial charge in [-0.1, -0.05) is 6.07 Å². The summed E-state index contributed by atoms with van der Waals surface area (Å²) < 4.78 is 33.5. The molecule has 10 heteroatoms. The lowest BCUT2D eigenvalue weighted by Crippen LogP contribution is -2.21. The second-order valence-electron chi connectivity index (χ2n) is 6.10. The Kier molecular flexibility index (Phi) is 5.74. The van der Waals surface area contributed by atoms with Crippen LogP contribution in [-0.2, 0) is 13.1 Å². The average Bonchev–Trinajstić information content (AvgIpc) is 2.68. The van der Waals surface area contributed by atoms with Crippen LogP contribution in [0.4, 0.5) is 14.5 Å². The lowest BCUT2D eigenvalue weighted by molar-refractivity contribution is 0.0694. The molecule has 29 heavy (non-hydrogen) atoms. The van der Waals surface area contributed by atoms with Gasteiger partial charge < -0.3 is 24.8 Å². The number of nitrogens with one attached hydrogen (secondary N) is 1. The highest BCUT2D eigenvalue weighted by Crippen LogP contribution is 2.27. The van der Waals surface area contributed by atoms with Crippen LogP contribution in [0.5, 0.6) is 5.88 Å². The zero-order valence-electron chi connectivity index (χ0n) is 15.3. The third kappa shape index (κ3) is 4.02. The summed E-state index contributed by atoms with van der Waals surface area (Å²) >= 11 is 0. The van der Waals surface area contributed by atoms with Crippen LogP contribution in [0.15, 0.2) is 35.3 Å². The van der Waals surface area contributed by atoms with E-state index in [1.165, 1.54) is 23.8 Å². The summed E-state index contributed by atoms with van der Waals surface area (Å²) in [5.74, 6) is -2.79. The average molecular weight is 405 g/mol. The maximum atomic E-state index is 13.9. The Morgan fingerprint density at radius 1 is 1.31 bits per heavy atom. The summed E-state index contributed by atoms with van der Waals surface area (Å²) in [6.45, 7) is -0.342. The summed E-state index contributed by atoms with van der Waals surface area (Å²) in [6, 6.07) is 4.49. The van der Waals surface area contributed by atoms with Crippen LogP contribution in [0.25, 0.3) is 11.0 Å². The van der Waals surface area contributed by atoms with Crippen LogP contribution < -0.4 is 15.5 Å². The van der Waals surface area contributed by atoms with Gasteiger partial charge in [-0.15, -0.1) is 0 Å². The van der Waals surface area contributed by atoms with E-state index in [9.17, 15) is 28.6 Å². The van der Waals surface area contributed by atoms with E-state index in [0.717, 1.165) is 18.3 Å². The molecule has 3 aromatic rings. The van der Waals surface area contributed by atoms with Crippen LogP contribution >= 0.6 is 0 Å². The van der Waals surface area contributed by atoms with Gasteiger partial charge in [0, 0.05) is 30.9 Å². The van der Waals surface area contributed by atoms with Crippen molar-refractivity contribution >= 4 is 22.7 Å². The van der Waals surface area contributed by atoms with Crippen LogP contribution in [0.2, 0.25) is 0 Å². The number of hydrogen-bond donors (Lipinski definition) is 3. The number of anilines is 1. The number of carboxylic acid groups (broad SMARTS) is 1. The first-order chi connectivity index (χ1) is 13.8. The van der Waals surface area contributed by atoms with Crippen molar-refractivity contribution in [2.24, 2.45) is 0 Å². The first-order valence-electron chi connectivity index (χ1n) is 8.49. The smallest absolute Gasteiger partial charge is 0.341 e. The molecule has 0 atom stereocenters. The van der Waals surface area contributed by atoms with E-state index >= 15 is 0 Å². The number of aliphatic hydroxyl groups is 1. The quantitative estimate of drug-likeness (QED) is 0.551. The Bertz CT molecular complexity index is 1150. The number of aliphatic hydroxyl groups excluding tert-OH is 1. The fourth-order valence-corrected chi connectivity index (χ4v) is 2.86. The molecule has 0 aliphatic heterocycles. The molecule has 152 valence electrons. The number of hydrogen-bond acceptors (Lipinski definition) is 6. The number of fused-ring (bicyclic) bond motifs is 1. The number of rotatable bonds is 7. The van der Waals surface area contributed by atoms with Crippen molar-refractivity contribution in [1.29, 1.82) is 0 Å². The highest BCUT2D eigenvalue weighted by atomic mass is 19.1. The maximum Gasteiger partial charge on any atom is 0.341 e. The van der Waals surface area contributed by atoms with Gasteiger partial charge in [0.25, 0.3) is 0 Å². The summed E-state index contributed by atoms with van der Waals surface area (Å²) in [4.78, 5) is 28.2. The normalized spacial score (nSPS) is 10.9. The van der Waals surface area contributed by atoms with Crippen molar-refractivity contribution in [2.45, 2.75) is 13.1 Å². The molecule has 0 radical (unpaired) electrons. The number of nitrogens with zero attached hydrogens (tertiary/aromatic N) is 2. The minimum absolute atomic E-state index is 0.0128. The Morgan fingerprint density at radius 2 is 2.07 bits per heavy atom. The van der Waals surface area contributed by atoms with Gasteiger partial charge in [-0.05, 0) is 12.1 Å². The molecule has 0 aliphatic carbocycles. The number of benzene rings is 1. The third-order valence-electron chi connectivity index (χ3n) is 4.26. The van der Waals surface area contributed by atoms with Crippen LogP contribution in [0.1, 0.15) is 15.9 Å². The number of halogens is 2. The van der Waals surface area contributed by atoms with Gasteiger partial charge >= 0.3 is 5.97 Å². The van der Waals surface area contributed by atoms with Crippen molar-refractivity contribution in [1.82, 2.24) is 9.55 Å². The molecule has 1 aromatic carbocycles. The second kappa shape index (κ2) is 8.23. The number of carbonyl (C=O) groups is 1. The molecule has 0 aliphatic rings. The Balaban J connectivity index is 2.10. The SMILES string of the molecule is COc1nc2c(cc1NCc1ccc(F)cc1F)c(=O)c(C(=O)O)cn2CCO. The number of aromatic nitrogens is 2. The van der Waals surface area contributed by atoms with Crippen LogP contribution in [0, 0.1) is 11.6 Å². The number of pyridine rings is 2. The monoisotopic (exact) mass is 405 g/mol. The summed E-state index contributed by atoms with van der Waals surface area (Å²) in [5.41, 5.74) is -0.713. The molecular formula is C19H17F2N3O5. The fourth-order valence-electron chi connectivity index (χ4n) is 2.86. The van der Waals surface area contributed by atoms with E-state index in [0.29, 0.717) is 0 Å². The predicted octanol–water partition coefficient (Wildman–Crippen LogP) is 1.99. The molecule has 0 fully saturated rings. The van der Waals surface area contributed by atoms with E-state index in [1.54, 1.807) is 0 Å². The largest absolute Gasteiger partial charge is 0.479 e. The number of aromatic carboxylic acids is 1. The Hall–Kier alpha value is -3.53. The van der Waals surface area contributed by atoms with Crippen molar-refractivity contribution < 1.29 is 28.5 Å². The van der Waals surface area contributed by atoms with Crippen molar-refractivity contribution in [2.75, 3.05) is 19.0 Å². The number of methoxy groups -OCH3 is 1. The number of carboxylic acids is 1. The van der Waals surface area contributed by atoms with E-state index in [-0.39, 0.29) is 47.9 Å². The third-order valence-corrected chi connectivity index (χ3v) is 4.26. The highest BCUT2D eigenvalue weighted by Gasteiger charge is 2.18. The highest BCUT2D eigenvalue weighted by molar-refractivity contribution is 5.92. The molecule has 2 heterocycles. The Morgan fingerprint density at radius 3 is 2.69 bits per heavy atom. The lowest BCUT2D eigenvalue weighted by Gasteiger charge is -2.15. The molecule has 3 N–H and O–H groups in total. The van der Waals surface area contributed by atoms with E-state index in [4.69, 9.17) is 4.74 Å². The van der Waals surface area contributed by atoms with Gasteiger partial charge in [0.05, 0.1) is 24.8 Å². The first-order valence-corrected chi connectivity index (χ1v) is 8.49. The zero-order valence-corrected chi connectivity index (χ0v) is 15.3. The molecule has 0 amide bonds. The summed E-state index contributed by atoms with van der Waals surface area (Å²) in [5, 5.41) is 21.4. The van der Waals surface area contributed by atoms with Crippen molar-refractivity contribution in [3.05, 3.63) is 63.4 Å². The molecule has 0 unspecified atom stereocenters. The van der Waals surface area contributed by atoms with Gasteiger partial charge in [0.1, 0.15) is 22.8 Å². The van der Waals surface area contributed by atoms with Gasteiger partial charge in [-0.2, -0.15) is 4.98 Å². The molecule has 0 spiro atoms. The van der Waals surface area contributed by atoms with E-state index in [2.05, 4.69) is 10.3 Å². The predicted molar refractivity (Wildman–Crippen MR) is 100 cm³/mol. The minimum atomic E-state index is -1.41. The standard InChI is InChI=1S/C19H17F2N3O5/c1-29-18-15(22-8-10-2-3-11(20)6-14(10)21)7-12-16(26)13(19(27)28)9-24(4-5-25)17(12)23-18/h2-3,6-7,9,22,25H,4-5,8H2,1H3,(H,27,28). The van der Waals surface area contributed by atoms with E-state index < -0.39 is 28.6 Å². The molecule has 3 rings (SSSR count). The fraction of sp³-hybridized carbons (Fsp3) is 0.211. The van der Waals surface area contributed by atoms with Gasteiger partial charge in [0.15, 0.2) is 0 Å². The molecule has 0 bridgehead atoms. The molecule has 0 saturated heterocycles. The van der Waals surface area contributed by atoms with Gasteiger partial charge in [-0.3, -0.25) is 4.79 Å². The van der Waals surface area contributed by atoms with Crippen molar-refractivity contribution in [3.8, 4) is 5.88 Å². The summed E-state index contributed by atoms with van der Waals surface area (Å²) in [6.07, 6.45) is 1.11. The van der Waals surface area contributed by atoms with E-state index in [1.807, 2.05) is 0 Å². The van der Waals surface area contributed by atoms with Crippen LogP contribution in [0.3, 0.4) is 0 Å². The molecule has 0 saturated carbocycles. The molecular weight excluding hydrogens is 388 g/mol. The minimum Gasteiger partial charge on any atom is -0.479 e. The Labute approximate surface area is 163 Å². The van der Waals surface area contributed by atoms with Crippen molar-refractivity contribution in [3.63, 3.8) is 0 Å². The van der Waals surface area contributed by atoms with Gasteiger partial charge in [-0.25, -0.2) is 13.6 Å². The van der Waals surface area contributed by atoms with Crippen LogP contribution in [-0.4, -0.2) is 39.5 Å². The lowest BCUT2D eigenvalue weighted by atomic mass is 10.1.